The fourth-order valence-corrected chi connectivity index (χ4v) is 2.41. The summed E-state index contributed by atoms with van der Waals surface area (Å²) in [5.74, 6) is 6.11. The van der Waals surface area contributed by atoms with Crippen molar-refractivity contribution >= 4 is 17.5 Å². The van der Waals surface area contributed by atoms with Crippen LogP contribution in [0.25, 0.3) is 0 Å². The lowest BCUT2D eigenvalue weighted by atomic mass is 10.1. The quantitative estimate of drug-likeness (QED) is 0.671. The van der Waals surface area contributed by atoms with E-state index in [0.717, 1.165) is 30.6 Å². The van der Waals surface area contributed by atoms with E-state index in [1.54, 1.807) is 6.08 Å². The van der Waals surface area contributed by atoms with Gasteiger partial charge in [-0.15, -0.1) is 6.58 Å². The lowest BCUT2D eigenvalue weighted by molar-refractivity contribution is -0.121. The number of amides is 2. The van der Waals surface area contributed by atoms with Gasteiger partial charge < -0.3 is 10.2 Å². The van der Waals surface area contributed by atoms with Crippen molar-refractivity contribution < 1.29 is 9.59 Å². The predicted molar refractivity (Wildman–Crippen MR) is 92.0 cm³/mol. The van der Waals surface area contributed by atoms with Crippen LogP contribution in [0.15, 0.2) is 36.9 Å². The molecule has 0 radical (unpaired) electrons. The maximum atomic E-state index is 11.9. The maximum Gasteiger partial charge on any atom is 0.226 e. The highest BCUT2D eigenvalue weighted by atomic mass is 16.2. The van der Waals surface area contributed by atoms with Crippen molar-refractivity contribution in [3.05, 3.63) is 42.5 Å². The lowest BCUT2D eigenvalue weighted by Gasteiger charge is -2.26. The molecule has 23 heavy (non-hydrogen) atoms. The summed E-state index contributed by atoms with van der Waals surface area (Å²) >= 11 is 0. The van der Waals surface area contributed by atoms with Gasteiger partial charge in [-0.25, -0.2) is 0 Å². The molecule has 1 heterocycles. The first-order valence-electron chi connectivity index (χ1n) is 7.97. The molecule has 2 amide bonds. The van der Waals surface area contributed by atoms with E-state index in [2.05, 4.69) is 23.7 Å². The number of anilines is 1. The Balaban J connectivity index is 1.85. The Morgan fingerprint density at radius 1 is 1.30 bits per heavy atom. The topological polar surface area (TPSA) is 49.4 Å². The van der Waals surface area contributed by atoms with Gasteiger partial charge in [0.2, 0.25) is 11.8 Å². The van der Waals surface area contributed by atoms with E-state index in [1.807, 2.05) is 29.2 Å². The Kier molecular flexibility index (Phi) is 6.43. The summed E-state index contributed by atoms with van der Waals surface area (Å²) in [5.41, 5.74) is 1.80. The van der Waals surface area contributed by atoms with Crippen LogP contribution in [0.5, 0.6) is 0 Å². The van der Waals surface area contributed by atoms with Gasteiger partial charge in [-0.2, -0.15) is 0 Å². The van der Waals surface area contributed by atoms with Crippen molar-refractivity contribution in [1.29, 1.82) is 0 Å². The first kappa shape index (κ1) is 16.8. The Morgan fingerprint density at radius 2 is 2.09 bits per heavy atom. The average Bonchev–Trinajstić information content (AvgIpc) is 2.58. The molecule has 4 nitrogen and oxygen atoms in total. The van der Waals surface area contributed by atoms with E-state index in [-0.39, 0.29) is 11.8 Å². The number of allylic oxidation sites excluding steroid dienone is 1. The van der Waals surface area contributed by atoms with Crippen LogP contribution in [0.3, 0.4) is 0 Å². The number of carbonyl (C=O) groups excluding carboxylic acids is 2. The summed E-state index contributed by atoms with van der Waals surface area (Å²) in [6, 6.07) is 7.67. The van der Waals surface area contributed by atoms with E-state index >= 15 is 0 Å². The van der Waals surface area contributed by atoms with Crippen LogP contribution in [-0.2, 0) is 9.59 Å². The molecule has 1 saturated heterocycles. The molecule has 0 aromatic heterocycles. The Hall–Kier alpha value is -2.54. The molecule has 0 bridgehead atoms. The van der Waals surface area contributed by atoms with E-state index < -0.39 is 0 Å². The fraction of sp³-hybridized carbons (Fsp3) is 0.368. The zero-order valence-corrected chi connectivity index (χ0v) is 13.3. The molecule has 0 unspecified atom stereocenters. The molecule has 1 aromatic carbocycles. The van der Waals surface area contributed by atoms with Crippen LogP contribution in [0, 0.1) is 11.8 Å². The van der Waals surface area contributed by atoms with Crippen LogP contribution < -0.4 is 10.2 Å². The number of hydrogen-bond acceptors (Lipinski definition) is 2. The summed E-state index contributed by atoms with van der Waals surface area (Å²) in [7, 11) is 0. The molecule has 0 saturated carbocycles. The lowest BCUT2D eigenvalue weighted by Crippen LogP contribution is -2.35. The summed E-state index contributed by atoms with van der Waals surface area (Å²) in [6.07, 6.45) is 5.52. The molecule has 1 aliphatic heterocycles. The molecular formula is C19H22N2O2. The van der Waals surface area contributed by atoms with Crippen LogP contribution in [0.4, 0.5) is 5.69 Å². The van der Waals surface area contributed by atoms with Gasteiger partial charge in [0.15, 0.2) is 0 Å². The normalized spacial score (nSPS) is 13.9. The molecular weight excluding hydrogens is 288 g/mol. The molecule has 1 aromatic rings. The molecule has 0 aliphatic carbocycles. The second-order valence-corrected chi connectivity index (χ2v) is 5.46. The van der Waals surface area contributed by atoms with Crippen molar-refractivity contribution in [1.82, 2.24) is 5.32 Å². The van der Waals surface area contributed by atoms with Gasteiger partial charge in [-0.1, -0.05) is 17.9 Å². The molecule has 1 aliphatic rings. The molecule has 1 N–H and O–H groups in total. The predicted octanol–water partition coefficient (Wildman–Crippen LogP) is 2.64. The Bertz CT molecular complexity index is 623. The highest BCUT2D eigenvalue weighted by Gasteiger charge is 2.19. The third-order valence-corrected chi connectivity index (χ3v) is 3.68. The highest BCUT2D eigenvalue weighted by Crippen LogP contribution is 2.20. The average molecular weight is 310 g/mol. The first-order valence-corrected chi connectivity index (χ1v) is 7.97. The number of benzene rings is 1. The molecule has 0 spiro atoms. The minimum Gasteiger partial charge on any atom is -0.345 e. The van der Waals surface area contributed by atoms with Gasteiger partial charge in [-0.05, 0) is 43.5 Å². The van der Waals surface area contributed by atoms with E-state index in [9.17, 15) is 9.59 Å². The van der Waals surface area contributed by atoms with E-state index in [4.69, 9.17) is 0 Å². The maximum absolute atomic E-state index is 11.9. The molecule has 4 heteroatoms. The van der Waals surface area contributed by atoms with Crippen LogP contribution in [0.2, 0.25) is 0 Å². The second-order valence-electron chi connectivity index (χ2n) is 5.46. The summed E-state index contributed by atoms with van der Waals surface area (Å²) in [5, 5.41) is 2.74. The Morgan fingerprint density at radius 3 is 2.78 bits per heavy atom. The first-order chi connectivity index (χ1) is 11.2. The minimum atomic E-state index is -0.0156. The van der Waals surface area contributed by atoms with Crippen LogP contribution >= 0.6 is 0 Å². The molecule has 0 atom stereocenters. The van der Waals surface area contributed by atoms with Crippen molar-refractivity contribution in [2.24, 2.45) is 0 Å². The molecule has 120 valence electrons. The summed E-state index contributed by atoms with van der Waals surface area (Å²) in [4.78, 5) is 25.1. The summed E-state index contributed by atoms with van der Waals surface area (Å²) in [6.45, 7) is 4.71. The SMILES string of the molecule is C=CCCC(=O)NCC#Cc1ccc(N2CCCCC2=O)cc1. The van der Waals surface area contributed by atoms with Gasteiger partial charge in [0.1, 0.15) is 0 Å². The smallest absolute Gasteiger partial charge is 0.226 e. The number of nitrogens with one attached hydrogen (secondary N) is 1. The number of rotatable bonds is 5. The van der Waals surface area contributed by atoms with Gasteiger partial charge in [0.05, 0.1) is 6.54 Å². The number of nitrogens with zero attached hydrogens (tertiary/aromatic N) is 1. The van der Waals surface area contributed by atoms with Gasteiger partial charge >= 0.3 is 0 Å². The van der Waals surface area contributed by atoms with E-state index in [0.29, 0.717) is 25.8 Å². The standard InChI is InChI=1S/C19H22N2O2/c1-2-3-8-18(22)20-14-6-7-16-10-12-17(13-11-16)21-15-5-4-9-19(21)23/h2,10-13H,1,3-5,8-9,14-15H2,(H,20,22). The minimum absolute atomic E-state index is 0.0156. The summed E-state index contributed by atoms with van der Waals surface area (Å²) < 4.78 is 0. The van der Waals surface area contributed by atoms with Crippen molar-refractivity contribution in [2.45, 2.75) is 32.1 Å². The zero-order valence-electron chi connectivity index (χ0n) is 13.3. The van der Waals surface area contributed by atoms with Gasteiger partial charge in [0.25, 0.3) is 0 Å². The van der Waals surface area contributed by atoms with Gasteiger partial charge in [-0.3, -0.25) is 9.59 Å². The van der Waals surface area contributed by atoms with E-state index in [1.165, 1.54) is 0 Å². The largest absolute Gasteiger partial charge is 0.345 e. The van der Waals surface area contributed by atoms with Crippen molar-refractivity contribution in [2.75, 3.05) is 18.0 Å². The third kappa shape index (κ3) is 5.30. The molecule has 2 rings (SSSR count). The fourth-order valence-electron chi connectivity index (χ4n) is 2.41. The van der Waals surface area contributed by atoms with Crippen molar-refractivity contribution in [3.63, 3.8) is 0 Å². The van der Waals surface area contributed by atoms with Gasteiger partial charge in [0, 0.05) is 30.6 Å². The Labute approximate surface area is 137 Å². The van der Waals surface area contributed by atoms with Crippen LogP contribution in [0.1, 0.15) is 37.7 Å². The number of hydrogen-bond donors (Lipinski definition) is 1. The van der Waals surface area contributed by atoms with Crippen molar-refractivity contribution in [3.8, 4) is 11.8 Å². The number of carbonyl (C=O) groups is 2. The second kappa shape index (κ2) is 8.79. The van der Waals surface area contributed by atoms with Crippen LogP contribution in [-0.4, -0.2) is 24.9 Å². The third-order valence-electron chi connectivity index (χ3n) is 3.68. The number of piperidine rings is 1. The zero-order chi connectivity index (χ0) is 16.5. The highest BCUT2D eigenvalue weighted by molar-refractivity contribution is 5.94. The molecule has 1 fully saturated rings. The monoisotopic (exact) mass is 310 g/mol.